The number of esters is 1. The maximum atomic E-state index is 13.8. The Hall–Kier alpha value is -2.44. The van der Waals surface area contributed by atoms with Gasteiger partial charge in [-0.15, -0.1) is 0 Å². The molecule has 3 aliphatic rings. The van der Waals surface area contributed by atoms with E-state index >= 15 is 0 Å². The number of carbonyl (C=O) groups is 2. The van der Waals surface area contributed by atoms with Crippen molar-refractivity contribution in [2.75, 3.05) is 0 Å². The first kappa shape index (κ1) is 25.6. The van der Waals surface area contributed by atoms with Gasteiger partial charge in [0.15, 0.2) is 0 Å². The molecule has 35 heavy (non-hydrogen) atoms. The van der Waals surface area contributed by atoms with E-state index in [-0.39, 0.29) is 30.2 Å². The van der Waals surface area contributed by atoms with Crippen LogP contribution in [0, 0.1) is 23.7 Å². The van der Waals surface area contributed by atoms with Crippen molar-refractivity contribution in [1.82, 2.24) is 5.32 Å². The molecule has 0 unspecified atom stereocenters. The van der Waals surface area contributed by atoms with Gasteiger partial charge in [0.1, 0.15) is 0 Å². The fourth-order valence-electron chi connectivity index (χ4n) is 6.30. The van der Waals surface area contributed by atoms with E-state index in [4.69, 9.17) is 4.74 Å². The van der Waals surface area contributed by atoms with Gasteiger partial charge in [0, 0.05) is 18.4 Å². The van der Waals surface area contributed by atoms with Gasteiger partial charge in [-0.2, -0.15) is 0 Å². The quantitative estimate of drug-likeness (QED) is 0.442. The number of aliphatic hydroxyl groups is 2. The van der Waals surface area contributed by atoms with E-state index in [1.165, 1.54) is 0 Å². The average Bonchev–Trinajstić information content (AvgIpc) is 3.09. The second-order valence-electron chi connectivity index (χ2n) is 10.8. The van der Waals surface area contributed by atoms with Crippen LogP contribution >= 0.6 is 0 Å². The first-order chi connectivity index (χ1) is 16.7. The molecule has 1 spiro atoms. The molecule has 2 fully saturated rings. The summed E-state index contributed by atoms with van der Waals surface area (Å²) in [5, 5.41) is 24.8. The third-order valence-corrected chi connectivity index (χ3v) is 8.32. The predicted octanol–water partition coefficient (Wildman–Crippen LogP) is 3.72. The zero-order valence-corrected chi connectivity index (χ0v) is 20.9. The normalized spacial score (nSPS) is 39.5. The molecule has 1 aromatic rings. The van der Waals surface area contributed by atoms with Gasteiger partial charge < -0.3 is 20.3 Å². The van der Waals surface area contributed by atoms with Gasteiger partial charge in [-0.25, -0.2) is 0 Å². The lowest BCUT2D eigenvalue weighted by Crippen LogP contribution is -2.61. The van der Waals surface area contributed by atoms with Crippen molar-refractivity contribution in [2.45, 2.75) is 82.6 Å². The summed E-state index contributed by atoms with van der Waals surface area (Å²) in [6.07, 6.45) is 6.53. The molecular formula is C29H39NO5. The van der Waals surface area contributed by atoms with Crippen LogP contribution in [0.2, 0.25) is 0 Å². The Morgan fingerprint density at radius 3 is 2.60 bits per heavy atom. The number of hydrogen-bond acceptors (Lipinski definition) is 5. The highest BCUT2D eigenvalue weighted by Gasteiger charge is 2.67. The van der Waals surface area contributed by atoms with Gasteiger partial charge in [-0.1, -0.05) is 75.8 Å². The number of ether oxygens (including phenoxy) is 1. The number of nitrogens with one attached hydrogen (secondary N) is 1. The molecule has 8 atom stereocenters. The Balaban J connectivity index is 1.75. The summed E-state index contributed by atoms with van der Waals surface area (Å²) in [6, 6.07) is 9.66. The first-order valence-electron chi connectivity index (χ1n) is 13.0. The molecule has 6 nitrogen and oxygen atoms in total. The lowest BCUT2D eigenvalue weighted by Gasteiger charge is -2.49. The SMILES string of the molecule is C=C1[C@@H](O)[C@@H]2/C=C/C[C@H](C)CCC[C@@H](O)CCC(=O)O[C@@]23C(=O)N[C@@H](Cc2ccccc2)[C@H]3[C@H]1C. The lowest BCUT2D eigenvalue weighted by atomic mass is 9.59. The van der Waals surface area contributed by atoms with Crippen molar-refractivity contribution < 1.29 is 24.5 Å². The molecule has 6 heteroatoms. The summed E-state index contributed by atoms with van der Waals surface area (Å²) in [7, 11) is 0. The van der Waals surface area contributed by atoms with Crippen molar-refractivity contribution in [2.24, 2.45) is 23.7 Å². The Morgan fingerprint density at radius 2 is 1.86 bits per heavy atom. The standard InChI is InChI=1S/C29H39NO5/c1-18-9-7-13-22(31)15-16-25(32)35-29-23(14-8-10-18)27(33)20(3)19(2)26(29)24(30-28(29)34)17-21-11-5-4-6-12-21/h4-6,8,11-12,14,18-19,22-24,26-27,31,33H,3,7,9-10,13,15-17H2,1-2H3,(H,30,34)/b14-8+/t18-,19+,22-,23+,24+,26-,27-,29+/m1/s1. The third-order valence-electron chi connectivity index (χ3n) is 8.32. The summed E-state index contributed by atoms with van der Waals surface area (Å²) in [4.78, 5) is 26.9. The van der Waals surface area contributed by atoms with Gasteiger partial charge in [0.25, 0.3) is 5.91 Å². The maximum Gasteiger partial charge on any atom is 0.306 e. The molecule has 1 aliphatic carbocycles. The zero-order chi connectivity index (χ0) is 25.2. The van der Waals surface area contributed by atoms with Crippen LogP contribution in [-0.4, -0.2) is 45.9 Å². The van der Waals surface area contributed by atoms with Crippen LogP contribution < -0.4 is 5.32 Å². The summed E-state index contributed by atoms with van der Waals surface area (Å²) in [6.45, 7) is 8.32. The van der Waals surface area contributed by atoms with Crippen molar-refractivity contribution in [3.8, 4) is 0 Å². The van der Waals surface area contributed by atoms with Crippen LogP contribution in [0.5, 0.6) is 0 Å². The van der Waals surface area contributed by atoms with E-state index in [9.17, 15) is 19.8 Å². The topological polar surface area (TPSA) is 95.9 Å². The molecule has 4 rings (SSSR count). The van der Waals surface area contributed by atoms with Crippen LogP contribution in [0.4, 0.5) is 0 Å². The van der Waals surface area contributed by atoms with Gasteiger partial charge in [0.05, 0.1) is 18.1 Å². The number of amides is 1. The minimum Gasteiger partial charge on any atom is -0.448 e. The van der Waals surface area contributed by atoms with E-state index < -0.39 is 29.7 Å². The van der Waals surface area contributed by atoms with Crippen molar-refractivity contribution in [1.29, 1.82) is 0 Å². The van der Waals surface area contributed by atoms with Crippen LogP contribution in [0.3, 0.4) is 0 Å². The predicted molar refractivity (Wildman–Crippen MR) is 134 cm³/mol. The van der Waals surface area contributed by atoms with Crippen LogP contribution in [0.1, 0.15) is 57.9 Å². The Labute approximate surface area is 208 Å². The number of rotatable bonds is 2. The number of hydrogen-bond donors (Lipinski definition) is 3. The van der Waals surface area contributed by atoms with Crippen molar-refractivity contribution >= 4 is 11.9 Å². The number of aliphatic hydroxyl groups excluding tert-OH is 2. The monoisotopic (exact) mass is 481 g/mol. The number of benzene rings is 1. The molecule has 1 amide bonds. The fourth-order valence-corrected chi connectivity index (χ4v) is 6.30. The van der Waals surface area contributed by atoms with Crippen LogP contribution in [-0.2, 0) is 20.7 Å². The summed E-state index contributed by atoms with van der Waals surface area (Å²) < 4.78 is 6.14. The van der Waals surface area contributed by atoms with Gasteiger partial charge >= 0.3 is 5.97 Å². The summed E-state index contributed by atoms with van der Waals surface area (Å²) in [5.74, 6) is -1.80. The van der Waals surface area contributed by atoms with Crippen LogP contribution in [0.25, 0.3) is 0 Å². The van der Waals surface area contributed by atoms with Crippen molar-refractivity contribution in [3.63, 3.8) is 0 Å². The Kier molecular flexibility index (Phi) is 7.82. The van der Waals surface area contributed by atoms with Gasteiger partial charge in [-0.3, -0.25) is 9.59 Å². The smallest absolute Gasteiger partial charge is 0.306 e. The molecular weight excluding hydrogens is 442 g/mol. The Bertz CT molecular complexity index is 959. The third kappa shape index (κ3) is 5.10. The molecule has 0 bridgehead atoms. The largest absolute Gasteiger partial charge is 0.448 e. The minimum atomic E-state index is -1.52. The van der Waals surface area contributed by atoms with E-state index in [1.54, 1.807) is 0 Å². The molecule has 1 aromatic carbocycles. The second-order valence-corrected chi connectivity index (χ2v) is 10.8. The molecule has 1 saturated heterocycles. The van der Waals surface area contributed by atoms with E-state index in [0.29, 0.717) is 30.8 Å². The summed E-state index contributed by atoms with van der Waals surface area (Å²) >= 11 is 0. The number of allylic oxidation sites excluding steroid dienone is 1. The zero-order valence-electron chi connectivity index (χ0n) is 20.9. The van der Waals surface area contributed by atoms with E-state index in [0.717, 1.165) is 24.8 Å². The molecule has 190 valence electrons. The Morgan fingerprint density at radius 1 is 1.11 bits per heavy atom. The van der Waals surface area contributed by atoms with Gasteiger partial charge in [-0.05, 0) is 48.7 Å². The minimum absolute atomic E-state index is 0.0314. The highest BCUT2D eigenvalue weighted by Crippen LogP contribution is 2.52. The summed E-state index contributed by atoms with van der Waals surface area (Å²) in [5.41, 5.74) is 0.219. The van der Waals surface area contributed by atoms with E-state index in [2.05, 4.69) is 18.8 Å². The molecule has 0 aromatic heterocycles. The molecule has 1 saturated carbocycles. The lowest BCUT2D eigenvalue weighted by molar-refractivity contribution is -0.187. The van der Waals surface area contributed by atoms with E-state index in [1.807, 2.05) is 49.4 Å². The first-order valence-corrected chi connectivity index (χ1v) is 13.0. The molecule has 2 heterocycles. The molecule has 3 N–H and O–H groups in total. The van der Waals surface area contributed by atoms with Crippen LogP contribution in [0.15, 0.2) is 54.6 Å². The highest BCUT2D eigenvalue weighted by atomic mass is 16.6. The number of carbonyl (C=O) groups excluding carboxylic acids is 2. The second kappa shape index (κ2) is 10.7. The van der Waals surface area contributed by atoms with Gasteiger partial charge in [0.2, 0.25) is 5.60 Å². The highest BCUT2D eigenvalue weighted by molar-refractivity contribution is 5.92. The van der Waals surface area contributed by atoms with Crippen molar-refractivity contribution in [3.05, 3.63) is 60.2 Å². The maximum absolute atomic E-state index is 13.8. The average molecular weight is 482 g/mol. The fraction of sp³-hybridized carbons (Fsp3) is 0.586. The molecule has 2 aliphatic heterocycles. The molecule has 0 radical (unpaired) electrons.